The van der Waals surface area contributed by atoms with Gasteiger partial charge in [0.25, 0.3) is 11.5 Å². The Morgan fingerprint density at radius 2 is 1.85 bits per heavy atom. The van der Waals surface area contributed by atoms with Crippen LogP contribution in [-0.2, 0) is 11.8 Å². The van der Waals surface area contributed by atoms with Crippen LogP contribution in [-0.4, -0.2) is 22.1 Å². The summed E-state index contributed by atoms with van der Waals surface area (Å²) in [6.07, 6.45) is 0. The number of rotatable bonds is 5. The van der Waals surface area contributed by atoms with E-state index in [0.29, 0.717) is 32.5 Å². The van der Waals surface area contributed by atoms with Gasteiger partial charge in [-0.1, -0.05) is 23.2 Å². The maximum absolute atomic E-state index is 12.5. The predicted molar refractivity (Wildman–Crippen MR) is 105 cm³/mol. The zero-order valence-electron chi connectivity index (χ0n) is 14.7. The lowest BCUT2D eigenvalue weighted by Crippen LogP contribution is -2.35. The maximum atomic E-state index is 12.5. The summed E-state index contributed by atoms with van der Waals surface area (Å²) in [6, 6.07) is 11.1. The number of amides is 1. The third-order valence-electron chi connectivity index (χ3n) is 4.02. The van der Waals surface area contributed by atoms with Crippen molar-refractivity contribution >= 4 is 40.0 Å². The minimum absolute atomic E-state index is 0.167. The number of nitrogens with zero attached hydrogens (tertiary/aromatic N) is 2. The van der Waals surface area contributed by atoms with Crippen LogP contribution in [0.5, 0.6) is 5.75 Å². The molecule has 0 bridgehead atoms. The van der Waals surface area contributed by atoms with E-state index in [9.17, 15) is 9.59 Å². The molecule has 3 rings (SSSR count). The zero-order valence-corrected chi connectivity index (χ0v) is 16.2. The van der Waals surface area contributed by atoms with E-state index in [1.54, 1.807) is 56.4 Å². The van der Waals surface area contributed by atoms with E-state index in [-0.39, 0.29) is 18.1 Å². The highest BCUT2D eigenvalue weighted by Crippen LogP contribution is 2.18. The molecule has 6 nitrogen and oxygen atoms in total. The second-order valence-corrected chi connectivity index (χ2v) is 6.90. The lowest BCUT2D eigenvalue weighted by Gasteiger charge is -2.17. The van der Waals surface area contributed by atoms with Crippen molar-refractivity contribution < 1.29 is 9.53 Å². The lowest BCUT2D eigenvalue weighted by atomic mass is 10.2. The van der Waals surface area contributed by atoms with Crippen molar-refractivity contribution in [2.75, 3.05) is 6.61 Å². The number of halogens is 2. The second-order valence-electron chi connectivity index (χ2n) is 6.03. The Kier molecular flexibility index (Phi) is 5.68. The van der Waals surface area contributed by atoms with E-state index < -0.39 is 6.04 Å². The van der Waals surface area contributed by atoms with Crippen molar-refractivity contribution in [3.63, 3.8) is 0 Å². The first-order valence-corrected chi connectivity index (χ1v) is 8.94. The van der Waals surface area contributed by atoms with Crippen molar-refractivity contribution in [1.82, 2.24) is 14.9 Å². The molecule has 0 radical (unpaired) electrons. The van der Waals surface area contributed by atoms with E-state index in [1.807, 2.05) is 0 Å². The highest BCUT2D eigenvalue weighted by atomic mass is 35.5. The van der Waals surface area contributed by atoms with Crippen molar-refractivity contribution in [1.29, 1.82) is 0 Å². The Morgan fingerprint density at radius 1 is 1.19 bits per heavy atom. The molecule has 0 spiro atoms. The summed E-state index contributed by atoms with van der Waals surface area (Å²) in [5.41, 5.74) is 0.282. The van der Waals surface area contributed by atoms with E-state index in [4.69, 9.17) is 27.9 Å². The van der Waals surface area contributed by atoms with Gasteiger partial charge in [-0.3, -0.25) is 14.2 Å². The van der Waals surface area contributed by atoms with E-state index in [1.165, 1.54) is 4.57 Å². The summed E-state index contributed by atoms with van der Waals surface area (Å²) in [7, 11) is 1.62. The highest BCUT2D eigenvalue weighted by molar-refractivity contribution is 6.31. The molecule has 1 N–H and O–H groups in total. The van der Waals surface area contributed by atoms with Crippen molar-refractivity contribution in [2.45, 2.75) is 13.0 Å². The van der Waals surface area contributed by atoms with Crippen LogP contribution < -0.4 is 15.6 Å². The van der Waals surface area contributed by atoms with Crippen LogP contribution in [0.2, 0.25) is 10.0 Å². The van der Waals surface area contributed by atoms with Crippen LogP contribution in [0.25, 0.3) is 10.9 Å². The number of nitrogens with one attached hydrogen (secondary N) is 1. The van der Waals surface area contributed by atoms with Crippen LogP contribution >= 0.6 is 23.2 Å². The number of aromatic nitrogens is 2. The van der Waals surface area contributed by atoms with Gasteiger partial charge in [-0.2, -0.15) is 0 Å². The second kappa shape index (κ2) is 7.98. The average molecular weight is 406 g/mol. The summed E-state index contributed by atoms with van der Waals surface area (Å²) in [4.78, 5) is 29.2. The van der Waals surface area contributed by atoms with Gasteiger partial charge in [-0.15, -0.1) is 0 Å². The predicted octanol–water partition coefficient (Wildman–Crippen LogP) is 3.50. The molecule has 2 aromatic carbocycles. The van der Waals surface area contributed by atoms with E-state index in [2.05, 4.69) is 10.3 Å². The average Bonchev–Trinajstić information content (AvgIpc) is 2.64. The number of ether oxygens (including phenoxy) is 1. The van der Waals surface area contributed by atoms with Crippen molar-refractivity contribution in [3.05, 3.63) is 68.7 Å². The molecule has 27 heavy (non-hydrogen) atoms. The summed E-state index contributed by atoms with van der Waals surface area (Å²) in [5.74, 6) is 0.626. The van der Waals surface area contributed by atoms with Gasteiger partial charge in [-0.25, -0.2) is 4.98 Å². The standard InChI is InChI=1S/C19H17Cl2N3O3/c1-11(22-17(25)10-27-14-6-3-12(20)4-7-14)18-23-16-9-13(21)5-8-15(16)19(26)24(18)2/h3-9,11H,10H2,1-2H3,(H,22,25)/t11-/m0/s1. The maximum Gasteiger partial charge on any atom is 0.261 e. The molecule has 0 saturated heterocycles. The quantitative estimate of drug-likeness (QED) is 0.704. The molecule has 0 aliphatic carbocycles. The van der Waals surface area contributed by atoms with Gasteiger partial charge in [0, 0.05) is 17.1 Å². The lowest BCUT2D eigenvalue weighted by molar-refractivity contribution is -0.123. The molecule has 0 fully saturated rings. The number of carbonyl (C=O) groups excluding carboxylic acids is 1. The van der Waals surface area contributed by atoms with E-state index in [0.717, 1.165) is 0 Å². The molecule has 1 heterocycles. The third-order valence-corrected chi connectivity index (χ3v) is 4.51. The van der Waals surface area contributed by atoms with Crippen LogP contribution in [0, 0.1) is 0 Å². The molecule has 0 saturated carbocycles. The molecule has 1 aromatic heterocycles. The van der Waals surface area contributed by atoms with Gasteiger partial charge in [-0.05, 0) is 49.4 Å². The van der Waals surface area contributed by atoms with Crippen molar-refractivity contribution in [3.8, 4) is 5.75 Å². The number of fused-ring (bicyclic) bond motifs is 1. The molecule has 140 valence electrons. The van der Waals surface area contributed by atoms with Gasteiger partial charge >= 0.3 is 0 Å². The summed E-state index contributed by atoms with van der Waals surface area (Å²) in [5, 5.41) is 4.32. The first-order chi connectivity index (χ1) is 12.8. The Bertz CT molecular complexity index is 1050. The van der Waals surface area contributed by atoms with Gasteiger partial charge in [0.05, 0.1) is 16.9 Å². The fourth-order valence-corrected chi connectivity index (χ4v) is 2.97. The van der Waals surface area contributed by atoms with E-state index >= 15 is 0 Å². The first kappa shape index (κ1) is 19.2. The molecule has 1 atom stereocenters. The minimum atomic E-state index is -0.493. The van der Waals surface area contributed by atoms with Crippen LogP contribution in [0.15, 0.2) is 47.3 Å². The normalized spacial score (nSPS) is 12.0. The smallest absolute Gasteiger partial charge is 0.261 e. The third kappa shape index (κ3) is 4.40. The summed E-state index contributed by atoms with van der Waals surface area (Å²) >= 11 is 11.8. The fraction of sp³-hybridized carbons (Fsp3) is 0.211. The largest absolute Gasteiger partial charge is 0.484 e. The SMILES string of the molecule is C[C@H](NC(=O)COc1ccc(Cl)cc1)c1nc2cc(Cl)ccc2c(=O)n1C. The molecule has 0 aliphatic heterocycles. The highest BCUT2D eigenvalue weighted by Gasteiger charge is 2.17. The van der Waals surface area contributed by atoms with Crippen LogP contribution in [0.4, 0.5) is 0 Å². The molecule has 1 amide bonds. The van der Waals surface area contributed by atoms with Crippen LogP contribution in [0.3, 0.4) is 0 Å². The van der Waals surface area contributed by atoms with Gasteiger partial charge in [0.1, 0.15) is 11.6 Å². The topological polar surface area (TPSA) is 73.2 Å². The molecular formula is C19H17Cl2N3O3. The Balaban J connectivity index is 1.74. The number of benzene rings is 2. The molecular weight excluding hydrogens is 389 g/mol. The Morgan fingerprint density at radius 3 is 2.56 bits per heavy atom. The van der Waals surface area contributed by atoms with Gasteiger partial charge in [0.15, 0.2) is 6.61 Å². The number of carbonyl (C=O) groups is 1. The Hall–Kier alpha value is -2.57. The summed E-state index contributed by atoms with van der Waals surface area (Å²) in [6.45, 7) is 1.58. The minimum Gasteiger partial charge on any atom is -0.484 e. The molecule has 0 aliphatic rings. The number of hydrogen-bond donors (Lipinski definition) is 1. The van der Waals surface area contributed by atoms with Gasteiger partial charge < -0.3 is 10.1 Å². The monoisotopic (exact) mass is 405 g/mol. The van der Waals surface area contributed by atoms with Crippen molar-refractivity contribution in [2.24, 2.45) is 7.05 Å². The summed E-state index contributed by atoms with van der Waals surface area (Å²) < 4.78 is 6.84. The first-order valence-electron chi connectivity index (χ1n) is 8.19. The fourth-order valence-electron chi connectivity index (χ4n) is 2.68. The molecule has 3 aromatic rings. The molecule has 8 heteroatoms. The molecule has 0 unspecified atom stereocenters. The number of hydrogen-bond acceptors (Lipinski definition) is 4. The Labute approximate surface area is 165 Å². The van der Waals surface area contributed by atoms with Crippen LogP contribution in [0.1, 0.15) is 18.8 Å². The zero-order chi connectivity index (χ0) is 19.6. The van der Waals surface area contributed by atoms with Gasteiger partial charge in [0.2, 0.25) is 0 Å².